The number of rotatable bonds is 3. The van der Waals surface area contributed by atoms with Crippen molar-refractivity contribution in [3.63, 3.8) is 0 Å². The van der Waals surface area contributed by atoms with E-state index < -0.39 is 0 Å². The number of hydrogen-bond donors (Lipinski definition) is 2. The zero-order valence-electron chi connectivity index (χ0n) is 10.1. The smallest absolute Gasteiger partial charge is 0.257 e. The van der Waals surface area contributed by atoms with E-state index in [2.05, 4.69) is 15.5 Å². The number of carbonyl (C=O) groups is 2. The molecule has 1 atom stereocenters. The van der Waals surface area contributed by atoms with E-state index in [-0.39, 0.29) is 17.9 Å². The zero-order valence-corrected chi connectivity index (χ0v) is 10.1. The molecule has 2 fully saturated rings. The van der Waals surface area contributed by atoms with Crippen LogP contribution in [0.25, 0.3) is 0 Å². The van der Waals surface area contributed by atoms with Gasteiger partial charge in [0.15, 0.2) is 0 Å². The summed E-state index contributed by atoms with van der Waals surface area (Å²) in [5, 5.41) is 9.36. The van der Waals surface area contributed by atoms with Gasteiger partial charge in [-0.05, 0) is 25.7 Å². The lowest BCUT2D eigenvalue weighted by Gasteiger charge is -2.23. The van der Waals surface area contributed by atoms with Gasteiger partial charge in [-0.3, -0.25) is 14.7 Å². The van der Waals surface area contributed by atoms with Gasteiger partial charge >= 0.3 is 0 Å². The van der Waals surface area contributed by atoms with Crippen molar-refractivity contribution in [2.24, 2.45) is 0 Å². The number of hydrogen-bond acceptors (Lipinski definition) is 3. The first-order chi connectivity index (χ1) is 8.75. The fourth-order valence-electron chi connectivity index (χ4n) is 2.34. The molecule has 1 saturated heterocycles. The van der Waals surface area contributed by atoms with Crippen LogP contribution in [-0.4, -0.2) is 45.5 Å². The van der Waals surface area contributed by atoms with Gasteiger partial charge in [-0.25, -0.2) is 0 Å². The molecule has 2 heterocycles. The van der Waals surface area contributed by atoms with Crippen LogP contribution in [0.3, 0.4) is 0 Å². The van der Waals surface area contributed by atoms with Crippen LogP contribution >= 0.6 is 0 Å². The molecule has 6 heteroatoms. The number of likely N-dealkylation sites (tertiary alicyclic amines) is 1. The molecule has 1 saturated carbocycles. The molecule has 1 aliphatic carbocycles. The van der Waals surface area contributed by atoms with Crippen molar-refractivity contribution in [3.8, 4) is 0 Å². The molecular weight excluding hydrogens is 232 g/mol. The van der Waals surface area contributed by atoms with Crippen molar-refractivity contribution in [2.45, 2.75) is 37.8 Å². The fourth-order valence-corrected chi connectivity index (χ4v) is 2.34. The minimum absolute atomic E-state index is 0.00755. The number of nitrogens with zero attached hydrogens (tertiary/aromatic N) is 2. The molecule has 2 N–H and O–H groups in total. The molecule has 2 aliphatic rings. The van der Waals surface area contributed by atoms with E-state index in [9.17, 15) is 9.59 Å². The summed E-state index contributed by atoms with van der Waals surface area (Å²) >= 11 is 0. The molecule has 0 radical (unpaired) electrons. The third-order valence-electron chi connectivity index (χ3n) is 3.49. The number of aromatic amines is 1. The van der Waals surface area contributed by atoms with E-state index in [1.165, 1.54) is 6.20 Å². The van der Waals surface area contributed by atoms with Crippen molar-refractivity contribution < 1.29 is 9.59 Å². The molecule has 1 aromatic heterocycles. The largest absolute Gasteiger partial charge is 0.352 e. The quantitative estimate of drug-likeness (QED) is 0.807. The summed E-state index contributed by atoms with van der Waals surface area (Å²) in [7, 11) is 0. The molecule has 0 bridgehead atoms. The predicted molar refractivity (Wildman–Crippen MR) is 63.8 cm³/mol. The van der Waals surface area contributed by atoms with E-state index in [1.807, 2.05) is 0 Å². The second-order valence-electron chi connectivity index (χ2n) is 4.93. The first-order valence-electron chi connectivity index (χ1n) is 6.36. The van der Waals surface area contributed by atoms with Gasteiger partial charge in [0.05, 0.1) is 11.8 Å². The molecule has 96 valence electrons. The summed E-state index contributed by atoms with van der Waals surface area (Å²) in [4.78, 5) is 25.9. The van der Waals surface area contributed by atoms with Gasteiger partial charge in [-0.1, -0.05) is 0 Å². The van der Waals surface area contributed by atoms with Crippen LogP contribution in [0.5, 0.6) is 0 Å². The van der Waals surface area contributed by atoms with Crippen LogP contribution in [0.2, 0.25) is 0 Å². The highest BCUT2D eigenvalue weighted by Crippen LogP contribution is 2.23. The van der Waals surface area contributed by atoms with Gasteiger partial charge in [0.1, 0.15) is 6.04 Å². The maximum atomic E-state index is 12.2. The van der Waals surface area contributed by atoms with E-state index in [0.717, 1.165) is 25.7 Å². The summed E-state index contributed by atoms with van der Waals surface area (Å²) < 4.78 is 0. The van der Waals surface area contributed by atoms with Gasteiger partial charge in [-0.2, -0.15) is 5.10 Å². The molecule has 3 rings (SSSR count). The Hall–Kier alpha value is -1.85. The molecule has 6 nitrogen and oxygen atoms in total. The maximum Gasteiger partial charge on any atom is 0.257 e. The fraction of sp³-hybridized carbons (Fsp3) is 0.583. The number of aromatic nitrogens is 2. The SMILES string of the molecule is O=C(NC1CC1)C1CCCN1C(=O)c1cn[nH]c1. The topological polar surface area (TPSA) is 78.1 Å². The van der Waals surface area contributed by atoms with Crippen LogP contribution in [-0.2, 0) is 4.79 Å². The van der Waals surface area contributed by atoms with Gasteiger partial charge in [0, 0.05) is 18.8 Å². The molecule has 1 aliphatic heterocycles. The van der Waals surface area contributed by atoms with Gasteiger partial charge < -0.3 is 10.2 Å². The second kappa shape index (κ2) is 4.44. The molecule has 2 amide bonds. The highest BCUT2D eigenvalue weighted by atomic mass is 16.2. The third-order valence-corrected chi connectivity index (χ3v) is 3.49. The number of nitrogens with one attached hydrogen (secondary N) is 2. The van der Waals surface area contributed by atoms with E-state index in [4.69, 9.17) is 0 Å². The average Bonchev–Trinajstić information content (AvgIpc) is 2.91. The number of carbonyl (C=O) groups excluding carboxylic acids is 2. The summed E-state index contributed by atoms with van der Waals surface area (Å²) in [5.74, 6) is -0.121. The zero-order chi connectivity index (χ0) is 12.5. The van der Waals surface area contributed by atoms with Crippen LogP contribution in [0.15, 0.2) is 12.4 Å². The van der Waals surface area contributed by atoms with Crippen molar-refractivity contribution in [1.82, 2.24) is 20.4 Å². The predicted octanol–water partition coefficient (Wildman–Crippen LogP) is 0.293. The van der Waals surface area contributed by atoms with Gasteiger partial charge in [-0.15, -0.1) is 0 Å². The Morgan fingerprint density at radius 3 is 2.89 bits per heavy atom. The van der Waals surface area contributed by atoms with Crippen molar-refractivity contribution in [1.29, 1.82) is 0 Å². The Balaban J connectivity index is 1.70. The number of H-pyrrole nitrogens is 1. The molecule has 0 aromatic carbocycles. The average molecular weight is 248 g/mol. The second-order valence-corrected chi connectivity index (χ2v) is 4.93. The van der Waals surface area contributed by atoms with Gasteiger partial charge in [0.25, 0.3) is 5.91 Å². The third kappa shape index (κ3) is 2.10. The first kappa shape index (κ1) is 11.3. The van der Waals surface area contributed by atoms with E-state index >= 15 is 0 Å². The maximum absolute atomic E-state index is 12.2. The first-order valence-corrected chi connectivity index (χ1v) is 6.36. The van der Waals surface area contributed by atoms with E-state index in [1.54, 1.807) is 11.1 Å². The Kier molecular flexibility index (Phi) is 2.77. The van der Waals surface area contributed by atoms with Crippen LogP contribution in [0.1, 0.15) is 36.0 Å². The minimum Gasteiger partial charge on any atom is -0.352 e. The lowest BCUT2D eigenvalue weighted by atomic mass is 10.2. The monoisotopic (exact) mass is 248 g/mol. The lowest BCUT2D eigenvalue weighted by Crippen LogP contribution is -2.46. The molecule has 1 aromatic rings. The highest BCUT2D eigenvalue weighted by Gasteiger charge is 2.36. The van der Waals surface area contributed by atoms with Crippen molar-refractivity contribution in [2.75, 3.05) is 6.54 Å². The summed E-state index contributed by atoms with van der Waals surface area (Å²) in [6, 6.07) is 0.0250. The summed E-state index contributed by atoms with van der Waals surface area (Å²) in [6.07, 6.45) is 6.82. The van der Waals surface area contributed by atoms with Crippen LogP contribution in [0.4, 0.5) is 0 Å². The summed E-state index contributed by atoms with van der Waals surface area (Å²) in [6.45, 7) is 0.646. The van der Waals surface area contributed by atoms with Crippen LogP contribution < -0.4 is 5.32 Å². The Morgan fingerprint density at radius 2 is 2.22 bits per heavy atom. The highest BCUT2D eigenvalue weighted by molar-refractivity contribution is 5.97. The van der Waals surface area contributed by atoms with E-state index in [0.29, 0.717) is 18.2 Å². The lowest BCUT2D eigenvalue weighted by molar-refractivity contribution is -0.125. The molecular formula is C12H16N4O2. The Bertz CT molecular complexity index is 453. The van der Waals surface area contributed by atoms with Crippen molar-refractivity contribution in [3.05, 3.63) is 18.0 Å². The van der Waals surface area contributed by atoms with Crippen molar-refractivity contribution >= 4 is 11.8 Å². The minimum atomic E-state index is -0.312. The van der Waals surface area contributed by atoms with Crippen LogP contribution in [0, 0.1) is 0 Å². The normalized spacial score (nSPS) is 23.1. The molecule has 18 heavy (non-hydrogen) atoms. The Morgan fingerprint density at radius 1 is 1.39 bits per heavy atom. The van der Waals surface area contributed by atoms with Gasteiger partial charge in [0.2, 0.25) is 5.91 Å². The summed E-state index contributed by atoms with van der Waals surface area (Å²) in [5.41, 5.74) is 0.515. The number of amides is 2. The molecule has 1 unspecified atom stereocenters. The molecule has 0 spiro atoms. The standard InChI is InChI=1S/C12H16N4O2/c17-11(15-9-3-4-9)10-2-1-5-16(10)12(18)8-6-13-14-7-8/h6-7,9-10H,1-5H2,(H,13,14)(H,15,17). The Labute approximate surface area is 105 Å².